The van der Waals surface area contributed by atoms with Crippen LogP contribution in [0.4, 0.5) is 0 Å². The third-order valence-corrected chi connectivity index (χ3v) is 3.87. The Labute approximate surface area is 171 Å². The first-order valence-electron chi connectivity index (χ1n) is 9.64. The summed E-state index contributed by atoms with van der Waals surface area (Å²) in [7, 11) is 1.58. The van der Waals surface area contributed by atoms with Crippen molar-refractivity contribution in [1.82, 2.24) is 5.43 Å². The van der Waals surface area contributed by atoms with Crippen LogP contribution < -0.4 is 24.4 Å². The smallest absolute Gasteiger partial charge is 0.277 e. The van der Waals surface area contributed by atoms with Crippen molar-refractivity contribution >= 4 is 12.1 Å². The van der Waals surface area contributed by atoms with Crippen molar-refractivity contribution in [2.24, 2.45) is 5.10 Å². The summed E-state index contributed by atoms with van der Waals surface area (Å²) >= 11 is 0. The second kappa shape index (κ2) is 12.3. The average Bonchev–Trinajstić information content (AvgIpc) is 2.74. The topological polar surface area (TPSA) is 78.4 Å². The molecule has 0 radical (unpaired) electrons. The lowest BCUT2D eigenvalue weighted by molar-refractivity contribution is -0.123. The molecule has 1 amide bonds. The van der Waals surface area contributed by atoms with Crippen molar-refractivity contribution in [1.29, 1.82) is 0 Å². The number of rotatable bonds is 12. The molecule has 7 heteroatoms. The summed E-state index contributed by atoms with van der Waals surface area (Å²) in [6.07, 6.45) is 3.61. The summed E-state index contributed by atoms with van der Waals surface area (Å²) in [4.78, 5) is 12.0. The number of nitrogens with zero attached hydrogens (tertiary/aromatic N) is 1. The molecule has 0 heterocycles. The molecule has 0 aromatic heterocycles. The Balaban J connectivity index is 1.82. The zero-order valence-electron chi connectivity index (χ0n) is 17.1. The quantitative estimate of drug-likeness (QED) is 0.333. The van der Waals surface area contributed by atoms with Crippen LogP contribution in [0, 0.1) is 0 Å². The minimum absolute atomic E-state index is 0.149. The van der Waals surface area contributed by atoms with Crippen molar-refractivity contribution in [3.05, 3.63) is 48.0 Å². The van der Waals surface area contributed by atoms with Gasteiger partial charge in [0.15, 0.2) is 6.61 Å². The standard InChI is InChI=1S/C22H28N2O5/c1-4-6-13-28-18-7-9-19(10-8-18)29-16-22(25)24-23-15-17-14-20(26-3)11-12-21(17)27-5-2/h7-12,14-15H,4-6,13,16H2,1-3H3,(H,24,25)/b23-15-. The number of hydrogen-bond donors (Lipinski definition) is 1. The van der Waals surface area contributed by atoms with Crippen LogP contribution in [0.25, 0.3) is 0 Å². The fraction of sp³-hybridized carbons (Fsp3) is 0.364. The van der Waals surface area contributed by atoms with Gasteiger partial charge in [-0.2, -0.15) is 5.10 Å². The molecule has 0 spiro atoms. The second-order valence-corrected chi connectivity index (χ2v) is 6.09. The number of nitrogens with one attached hydrogen (secondary N) is 1. The molecule has 2 aromatic rings. The zero-order valence-corrected chi connectivity index (χ0v) is 17.1. The number of methoxy groups -OCH3 is 1. The molecule has 0 aliphatic carbocycles. The van der Waals surface area contributed by atoms with Crippen LogP contribution >= 0.6 is 0 Å². The van der Waals surface area contributed by atoms with Crippen molar-refractivity contribution < 1.29 is 23.7 Å². The number of benzene rings is 2. The average molecular weight is 400 g/mol. The Bertz CT molecular complexity index is 790. The van der Waals surface area contributed by atoms with Gasteiger partial charge in [0.1, 0.15) is 23.0 Å². The van der Waals surface area contributed by atoms with Gasteiger partial charge in [0.2, 0.25) is 0 Å². The van der Waals surface area contributed by atoms with Gasteiger partial charge in [0, 0.05) is 5.56 Å². The van der Waals surface area contributed by atoms with Gasteiger partial charge in [-0.15, -0.1) is 0 Å². The number of amides is 1. The van der Waals surface area contributed by atoms with Crippen molar-refractivity contribution in [3.8, 4) is 23.0 Å². The summed E-state index contributed by atoms with van der Waals surface area (Å²) in [5.74, 6) is 2.32. The van der Waals surface area contributed by atoms with E-state index in [1.54, 1.807) is 37.4 Å². The molecule has 2 rings (SSSR count). The highest BCUT2D eigenvalue weighted by molar-refractivity contribution is 5.86. The lowest BCUT2D eigenvalue weighted by atomic mass is 10.2. The molecule has 0 saturated heterocycles. The first kappa shape index (κ1) is 22.1. The van der Waals surface area contributed by atoms with E-state index < -0.39 is 0 Å². The SMILES string of the molecule is CCCCOc1ccc(OCC(=O)N/N=C\c2cc(OC)ccc2OCC)cc1. The highest BCUT2D eigenvalue weighted by atomic mass is 16.5. The van der Waals surface area contributed by atoms with E-state index in [1.165, 1.54) is 6.21 Å². The van der Waals surface area contributed by atoms with Crippen LogP contribution in [0.2, 0.25) is 0 Å². The molecule has 0 fully saturated rings. The van der Waals surface area contributed by atoms with Gasteiger partial charge >= 0.3 is 0 Å². The van der Waals surface area contributed by atoms with Crippen LogP contribution in [0.3, 0.4) is 0 Å². The van der Waals surface area contributed by atoms with E-state index in [0.29, 0.717) is 36.0 Å². The predicted octanol–water partition coefficient (Wildman–Crippen LogP) is 3.80. The summed E-state index contributed by atoms with van der Waals surface area (Å²) in [5.41, 5.74) is 3.14. The maximum atomic E-state index is 12.0. The molecule has 1 N–H and O–H groups in total. The highest BCUT2D eigenvalue weighted by Crippen LogP contribution is 2.22. The van der Waals surface area contributed by atoms with Gasteiger partial charge in [0.25, 0.3) is 5.91 Å². The van der Waals surface area contributed by atoms with E-state index in [2.05, 4.69) is 17.5 Å². The van der Waals surface area contributed by atoms with Crippen LogP contribution in [-0.4, -0.2) is 39.1 Å². The van der Waals surface area contributed by atoms with Gasteiger partial charge in [0.05, 0.1) is 26.5 Å². The van der Waals surface area contributed by atoms with Crippen LogP contribution in [0.15, 0.2) is 47.6 Å². The Morgan fingerprint density at radius 3 is 2.34 bits per heavy atom. The third kappa shape index (κ3) is 7.73. The summed E-state index contributed by atoms with van der Waals surface area (Å²) in [5, 5.41) is 3.97. The van der Waals surface area contributed by atoms with Crippen LogP contribution in [0.1, 0.15) is 32.3 Å². The fourth-order valence-corrected chi connectivity index (χ4v) is 2.36. The molecule has 29 heavy (non-hydrogen) atoms. The Morgan fingerprint density at radius 1 is 1.00 bits per heavy atom. The first-order valence-corrected chi connectivity index (χ1v) is 9.64. The number of unbranched alkanes of at least 4 members (excludes halogenated alkanes) is 1. The lowest BCUT2D eigenvalue weighted by Gasteiger charge is -2.09. The Kier molecular flexibility index (Phi) is 9.35. The summed E-state index contributed by atoms with van der Waals surface area (Å²) < 4.78 is 21.8. The van der Waals surface area contributed by atoms with Crippen molar-refractivity contribution in [2.45, 2.75) is 26.7 Å². The minimum Gasteiger partial charge on any atom is -0.497 e. The molecule has 0 bridgehead atoms. The molecule has 2 aromatic carbocycles. The largest absolute Gasteiger partial charge is 0.497 e. The molecule has 0 atom stereocenters. The van der Waals surface area contributed by atoms with Gasteiger partial charge in [-0.25, -0.2) is 5.43 Å². The van der Waals surface area contributed by atoms with Gasteiger partial charge < -0.3 is 18.9 Å². The molecule has 0 unspecified atom stereocenters. The monoisotopic (exact) mass is 400 g/mol. The Morgan fingerprint density at radius 2 is 1.69 bits per heavy atom. The normalized spacial score (nSPS) is 10.6. The van der Waals surface area contributed by atoms with Crippen molar-refractivity contribution in [2.75, 3.05) is 26.9 Å². The van der Waals surface area contributed by atoms with E-state index in [4.69, 9.17) is 18.9 Å². The minimum atomic E-state index is -0.370. The van der Waals surface area contributed by atoms with E-state index in [0.717, 1.165) is 18.6 Å². The van der Waals surface area contributed by atoms with E-state index >= 15 is 0 Å². The molecule has 0 aliphatic heterocycles. The zero-order chi connectivity index (χ0) is 20.9. The number of carbonyl (C=O) groups is 1. The van der Waals surface area contributed by atoms with E-state index in [9.17, 15) is 4.79 Å². The van der Waals surface area contributed by atoms with Crippen LogP contribution in [-0.2, 0) is 4.79 Å². The van der Waals surface area contributed by atoms with E-state index in [-0.39, 0.29) is 12.5 Å². The lowest BCUT2D eigenvalue weighted by Crippen LogP contribution is -2.24. The molecule has 0 aliphatic rings. The first-order chi connectivity index (χ1) is 14.2. The van der Waals surface area contributed by atoms with Gasteiger partial charge in [-0.05, 0) is 55.8 Å². The number of hydrazone groups is 1. The number of carbonyl (C=O) groups excluding carboxylic acids is 1. The highest BCUT2D eigenvalue weighted by Gasteiger charge is 2.05. The summed E-state index contributed by atoms with van der Waals surface area (Å²) in [6.45, 7) is 5.08. The fourth-order valence-electron chi connectivity index (χ4n) is 2.36. The van der Waals surface area contributed by atoms with E-state index in [1.807, 2.05) is 19.1 Å². The second-order valence-electron chi connectivity index (χ2n) is 6.09. The maximum Gasteiger partial charge on any atom is 0.277 e. The van der Waals surface area contributed by atoms with Crippen molar-refractivity contribution in [3.63, 3.8) is 0 Å². The van der Waals surface area contributed by atoms with Gasteiger partial charge in [-0.3, -0.25) is 4.79 Å². The molecule has 7 nitrogen and oxygen atoms in total. The number of ether oxygens (including phenoxy) is 4. The summed E-state index contributed by atoms with van der Waals surface area (Å²) in [6, 6.07) is 12.5. The van der Waals surface area contributed by atoms with Gasteiger partial charge in [-0.1, -0.05) is 13.3 Å². The predicted molar refractivity (Wildman–Crippen MR) is 112 cm³/mol. The molecule has 156 valence electrons. The van der Waals surface area contributed by atoms with Crippen LogP contribution in [0.5, 0.6) is 23.0 Å². The molecule has 0 saturated carbocycles. The maximum absolute atomic E-state index is 12.0. The Hall–Kier alpha value is -3.22. The molecular weight excluding hydrogens is 372 g/mol. The molecular formula is C22H28N2O5. The third-order valence-electron chi connectivity index (χ3n) is 3.87. The number of hydrogen-bond acceptors (Lipinski definition) is 6.